The Bertz CT molecular complexity index is 1260. The first-order chi connectivity index (χ1) is 19.5. The van der Waals surface area contributed by atoms with Crippen LogP contribution in [0.15, 0.2) is 48.5 Å². The summed E-state index contributed by atoms with van der Waals surface area (Å²) in [7, 11) is 0. The molecule has 0 N–H and O–H groups in total. The third kappa shape index (κ3) is 6.47. The standard InChI is InChI=1S/C30H33ClF3N3O4/c1-2-37(29(40)41-24-9-7-23(32)8-10-24)26-18-36(17-25(26)19-3-5-22(31)6-4-19)27(38)20-11-13-35(14-12-20)28(39)21-15-30(33,34)16-21/h3-10,20-21,25-26H,2,11-18H2,1H3/t25-,26+/m0/s1. The van der Waals surface area contributed by atoms with Crippen LogP contribution in [-0.4, -0.2) is 77.3 Å². The number of ether oxygens (including phenoxy) is 1. The average molecular weight is 592 g/mol. The predicted molar refractivity (Wildman–Crippen MR) is 146 cm³/mol. The third-order valence-electron chi connectivity index (χ3n) is 8.49. The van der Waals surface area contributed by atoms with E-state index in [1.165, 1.54) is 24.3 Å². The highest BCUT2D eigenvalue weighted by Gasteiger charge is 2.50. The van der Waals surface area contributed by atoms with E-state index in [2.05, 4.69) is 0 Å². The van der Waals surface area contributed by atoms with Gasteiger partial charge < -0.3 is 19.4 Å². The molecule has 11 heteroatoms. The molecule has 3 fully saturated rings. The Morgan fingerprint density at radius 3 is 2.12 bits per heavy atom. The summed E-state index contributed by atoms with van der Waals surface area (Å²) >= 11 is 6.12. The van der Waals surface area contributed by atoms with E-state index < -0.39 is 36.6 Å². The van der Waals surface area contributed by atoms with Crippen molar-refractivity contribution in [3.8, 4) is 5.75 Å². The number of amides is 3. The Hall–Kier alpha value is -3.27. The van der Waals surface area contributed by atoms with Crippen molar-refractivity contribution in [2.24, 2.45) is 11.8 Å². The van der Waals surface area contributed by atoms with Gasteiger partial charge in [0.25, 0.3) is 0 Å². The Morgan fingerprint density at radius 2 is 1.54 bits per heavy atom. The molecule has 0 aromatic heterocycles. The fraction of sp³-hybridized carbons (Fsp3) is 0.500. The smallest absolute Gasteiger partial charge is 0.410 e. The lowest BCUT2D eigenvalue weighted by molar-refractivity contribution is -0.161. The van der Waals surface area contributed by atoms with Crippen LogP contribution >= 0.6 is 11.6 Å². The molecule has 220 valence electrons. The van der Waals surface area contributed by atoms with E-state index in [9.17, 15) is 27.6 Å². The monoisotopic (exact) mass is 591 g/mol. The van der Waals surface area contributed by atoms with Gasteiger partial charge in [0.15, 0.2) is 0 Å². The van der Waals surface area contributed by atoms with Crippen molar-refractivity contribution < 1.29 is 32.3 Å². The molecule has 41 heavy (non-hydrogen) atoms. The normalized spacial score (nSPS) is 22.8. The number of benzene rings is 2. The number of nitrogens with zero attached hydrogens (tertiary/aromatic N) is 3. The molecule has 0 unspecified atom stereocenters. The second-order valence-corrected chi connectivity index (χ2v) is 11.6. The molecule has 1 saturated carbocycles. The summed E-state index contributed by atoms with van der Waals surface area (Å²) in [6.07, 6.45) is -0.465. The summed E-state index contributed by atoms with van der Waals surface area (Å²) in [5.41, 5.74) is 0.931. The highest BCUT2D eigenvalue weighted by Crippen LogP contribution is 2.43. The van der Waals surface area contributed by atoms with Crippen LogP contribution in [0.2, 0.25) is 5.02 Å². The number of piperidine rings is 1. The summed E-state index contributed by atoms with van der Waals surface area (Å²) < 4.78 is 45.4. The topological polar surface area (TPSA) is 70.2 Å². The zero-order valence-electron chi connectivity index (χ0n) is 22.8. The Balaban J connectivity index is 1.27. The van der Waals surface area contributed by atoms with E-state index >= 15 is 0 Å². The van der Waals surface area contributed by atoms with Gasteiger partial charge in [-0.1, -0.05) is 23.7 Å². The maximum atomic E-state index is 13.7. The van der Waals surface area contributed by atoms with E-state index in [1.807, 2.05) is 19.1 Å². The predicted octanol–water partition coefficient (Wildman–Crippen LogP) is 5.58. The summed E-state index contributed by atoms with van der Waals surface area (Å²) in [6.45, 7) is 3.58. The van der Waals surface area contributed by atoms with Crippen LogP contribution in [0.3, 0.4) is 0 Å². The molecule has 3 amide bonds. The molecule has 2 saturated heterocycles. The minimum Gasteiger partial charge on any atom is -0.410 e. The van der Waals surface area contributed by atoms with Crippen molar-refractivity contribution in [3.05, 3.63) is 64.9 Å². The first kappa shape index (κ1) is 29.2. The van der Waals surface area contributed by atoms with Gasteiger partial charge in [-0.2, -0.15) is 0 Å². The number of hydrogen-bond donors (Lipinski definition) is 0. The molecule has 2 atom stereocenters. The average Bonchev–Trinajstić information content (AvgIpc) is 3.38. The van der Waals surface area contributed by atoms with Gasteiger partial charge in [-0.05, 0) is 61.7 Å². The van der Waals surface area contributed by atoms with E-state index in [0.717, 1.165) is 5.56 Å². The van der Waals surface area contributed by atoms with Gasteiger partial charge in [0.2, 0.25) is 17.7 Å². The van der Waals surface area contributed by atoms with Crippen molar-refractivity contribution >= 4 is 29.5 Å². The lowest BCUT2D eigenvalue weighted by Gasteiger charge is -2.40. The van der Waals surface area contributed by atoms with Crippen LogP contribution in [0.25, 0.3) is 0 Å². The highest BCUT2D eigenvalue weighted by atomic mass is 35.5. The van der Waals surface area contributed by atoms with Gasteiger partial charge in [-0.3, -0.25) is 9.59 Å². The van der Waals surface area contributed by atoms with Crippen LogP contribution < -0.4 is 4.74 Å². The second kappa shape index (κ2) is 11.9. The molecule has 0 spiro atoms. The van der Waals surface area contributed by atoms with E-state index in [-0.39, 0.29) is 35.4 Å². The molecule has 3 aliphatic rings. The first-order valence-electron chi connectivity index (χ1n) is 14.0. The van der Waals surface area contributed by atoms with Crippen molar-refractivity contribution in [1.29, 1.82) is 0 Å². The number of carbonyl (C=O) groups excluding carboxylic acids is 3. The Morgan fingerprint density at radius 1 is 0.927 bits per heavy atom. The zero-order chi connectivity index (χ0) is 29.3. The molecule has 0 bridgehead atoms. The number of likely N-dealkylation sites (tertiary alicyclic amines) is 2. The zero-order valence-corrected chi connectivity index (χ0v) is 23.5. The van der Waals surface area contributed by atoms with Crippen LogP contribution in [-0.2, 0) is 9.59 Å². The van der Waals surface area contributed by atoms with Crippen LogP contribution in [0.4, 0.5) is 18.0 Å². The van der Waals surface area contributed by atoms with E-state index in [0.29, 0.717) is 50.6 Å². The molecule has 1 aliphatic carbocycles. The maximum absolute atomic E-state index is 13.7. The van der Waals surface area contributed by atoms with Crippen LogP contribution in [0.5, 0.6) is 5.75 Å². The molecule has 2 aromatic carbocycles. The molecule has 2 aromatic rings. The number of hydrogen-bond acceptors (Lipinski definition) is 4. The van der Waals surface area contributed by atoms with Gasteiger partial charge in [0.1, 0.15) is 11.6 Å². The number of halogens is 4. The quantitative estimate of drug-likeness (QED) is 0.440. The fourth-order valence-electron chi connectivity index (χ4n) is 6.18. The Kier molecular flexibility index (Phi) is 8.50. The van der Waals surface area contributed by atoms with E-state index in [4.69, 9.17) is 16.3 Å². The fourth-order valence-corrected chi connectivity index (χ4v) is 6.31. The molecular formula is C30H33ClF3N3O4. The third-order valence-corrected chi connectivity index (χ3v) is 8.74. The van der Waals surface area contributed by atoms with Crippen molar-refractivity contribution in [3.63, 3.8) is 0 Å². The molecule has 5 rings (SSSR count). The number of carbonyl (C=O) groups is 3. The van der Waals surface area contributed by atoms with Crippen molar-refractivity contribution in [2.45, 2.75) is 50.5 Å². The molecular weight excluding hydrogens is 559 g/mol. The summed E-state index contributed by atoms with van der Waals surface area (Å²) in [6, 6.07) is 12.2. The van der Waals surface area contributed by atoms with Crippen LogP contribution in [0.1, 0.15) is 44.1 Å². The minimum atomic E-state index is -2.75. The highest BCUT2D eigenvalue weighted by molar-refractivity contribution is 6.30. The van der Waals surface area contributed by atoms with Crippen LogP contribution in [0, 0.1) is 17.7 Å². The first-order valence-corrected chi connectivity index (χ1v) is 14.4. The van der Waals surface area contributed by atoms with Gasteiger partial charge in [0.05, 0.1) is 6.04 Å². The maximum Gasteiger partial charge on any atom is 0.415 e. The van der Waals surface area contributed by atoms with Gasteiger partial charge in [0, 0.05) is 68.3 Å². The number of alkyl halides is 2. The molecule has 7 nitrogen and oxygen atoms in total. The lowest BCUT2D eigenvalue weighted by Crippen LogP contribution is -2.50. The summed E-state index contributed by atoms with van der Waals surface area (Å²) in [5.74, 6) is -4.39. The second-order valence-electron chi connectivity index (χ2n) is 11.1. The lowest BCUT2D eigenvalue weighted by atomic mass is 9.80. The van der Waals surface area contributed by atoms with E-state index in [1.54, 1.807) is 26.8 Å². The SMILES string of the molecule is CCN(C(=O)Oc1ccc(F)cc1)[C@@H]1CN(C(=O)C2CCN(C(=O)C3CC(F)(F)C3)CC2)C[C@H]1c1ccc(Cl)cc1. The summed E-state index contributed by atoms with van der Waals surface area (Å²) in [5, 5.41) is 0.575. The summed E-state index contributed by atoms with van der Waals surface area (Å²) in [4.78, 5) is 44.5. The minimum absolute atomic E-state index is 0.0447. The molecule has 2 aliphatic heterocycles. The Labute approximate surface area is 242 Å². The number of rotatable bonds is 6. The largest absolute Gasteiger partial charge is 0.415 e. The van der Waals surface area contributed by atoms with Crippen molar-refractivity contribution in [2.75, 3.05) is 32.7 Å². The van der Waals surface area contributed by atoms with Gasteiger partial charge >= 0.3 is 6.09 Å². The van der Waals surface area contributed by atoms with Gasteiger partial charge in [-0.15, -0.1) is 0 Å². The molecule has 2 heterocycles. The number of likely N-dealkylation sites (N-methyl/N-ethyl adjacent to an activating group) is 1. The molecule has 0 radical (unpaired) electrons. The van der Waals surface area contributed by atoms with Crippen molar-refractivity contribution in [1.82, 2.24) is 14.7 Å². The van der Waals surface area contributed by atoms with Gasteiger partial charge in [-0.25, -0.2) is 18.0 Å².